The molecule has 2 fully saturated rings. The van der Waals surface area contributed by atoms with Crippen LogP contribution in [0.1, 0.15) is 32.3 Å². The number of fused-ring (bicyclic) bond motifs is 1. The summed E-state index contributed by atoms with van der Waals surface area (Å²) in [5.41, 5.74) is 2.81. The molecule has 3 rings (SSSR count). The van der Waals surface area contributed by atoms with Gasteiger partial charge in [-0.05, 0) is 37.5 Å². The van der Waals surface area contributed by atoms with Crippen LogP contribution in [-0.4, -0.2) is 18.8 Å². The van der Waals surface area contributed by atoms with E-state index in [0.29, 0.717) is 18.1 Å². The Labute approximate surface area is 110 Å². The number of anilines is 1. The molecule has 2 heteroatoms. The second kappa shape index (κ2) is 4.27. The highest BCUT2D eigenvalue weighted by Gasteiger charge is 2.57. The standard InChI is InChI=1S/C16H23NO/c1-11-6-4-7-12(10-11)17-14-13-8-5-9-18-15(13)16(14,2)3/h4,6-7,10,13-15,17H,5,8-9H2,1-3H3. The molecule has 0 radical (unpaired) electrons. The van der Waals surface area contributed by atoms with Crippen LogP contribution < -0.4 is 5.32 Å². The van der Waals surface area contributed by atoms with E-state index in [1.807, 2.05) is 0 Å². The van der Waals surface area contributed by atoms with E-state index in [9.17, 15) is 0 Å². The lowest BCUT2D eigenvalue weighted by molar-refractivity contribution is -0.177. The van der Waals surface area contributed by atoms with Crippen molar-refractivity contribution >= 4 is 5.69 Å². The van der Waals surface area contributed by atoms with E-state index in [1.54, 1.807) is 0 Å². The minimum atomic E-state index is 0.245. The fourth-order valence-electron chi connectivity index (χ4n) is 3.73. The van der Waals surface area contributed by atoms with Crippen molar-refractivity contribution in [1.82, 2.24) is 0 Å². The highest BCUT2D eigenvalue weighted by Crippen LogP contribution is 2.52. The van der Waals surface area contributed by atoms with Crippen molar-refractivity contribution in [1.29, 1.82) is 0 Å². The molecule has 1 aromatic carbocycles. The summed E-state index contributed by atoms with van der Waals surface area (Å²) >= 11 is 0. The number of hydrogen-bond donors (Lipinski definition) is 1. The topological polar surface area (TPSA) is 21.3 Å². The molecule has 0 aromatic heterocycles. The average Bonchev–Trinajstić information content (AvgIpc) is 2.36. The summed E-state index contributed by atoms with van der Waals surface area (Å²) in [6.45, 7) is 7.74. The minimum absolute atomic E-state index is 0.245. The summed E-state index contributed by atoms with van der Waals surface area (Å²) in [5.74, 6) is 0.689. The number of aryl methyl sites for hydroxylation is 1. The molecule has 1 saturated heterocycles. The first-order valence-electron chi connectivity index (χ1n) is 7.04. The van der Waals surface area contributed by atoms with Gasteiger partial charge in [-0.3, -0.25) is 0 Å². The number of hydrogen-bond acceptors (Lipinski definition) is 2. The molecule has 1 saturated carbocycles. The predicted molar refractivity (Wildman–Crippen MR) is 74.8 cm³/mol. The molecule has 0 amide bonds. The molecule has 1 aliphatic carbocycles. The highest BCUT2D eigenvalue weighted by atomic mass is 16.5. The second-order valence-corrected chi connectivity index (χ2v) is 6.41. The third-order valence-electron chi connectivity index (χ3n) is 4.67. The number of nitrogens with one attached hydrogen (secondary N) is 1. The van der Waals surface area contributed by atoms with Gasteiger partial charge in [-0.25, -0.2) is 0 Å². The summed E-state index contributed by atoms with van der Waals surface area (Å²) in [6.07, 6.45) is 2.97. The largest absolute Gasteiger partial charge is 0.381 e. The quantitative estimate of drug-likeness (QED) is 0.859. The van der Waals surface area contributed by atoms with Gasteiger partial charge in [-0.1, -0.05) is 26.0 Å². The molecule has 1 heterocycles. The number of ether oxygens (including phenoxy) is 1. The van der Waals surface area contributed by atoms with Gasteiger partial charge in [0.05, 0.1) is 6.10 Å². The maximum Gasteiger partial charge on any atom is 0.0693 e. The zero-order valence-corrected chi connectivity index (χ0v) is 11.6. The van der Waals surface area contributed by atoms with Crippen molar-refractivity contribution in [2.75, 3.05) is 11.9 Å². The lowest BCUT2D eigenvalue weighted by atomic mass is 9.55. The first-order chi connectivity index (χ1) is 8.59. The Kier molecular flexibility index (Phi) is 2.86. The van der Waals surface area contributed by atoms with E-state index in [4.69, 9.17) is 4.74 Å². The summed E-state index contributed by atoms with van der Waals surface area (Å²) in [5, 5.41) is 3.73. The molecule has 2 aliphatic rings. The zero-order chi connectivity index (χ0) is 12.8. The Morgan fingerprint density at radius 2 is 2.17 bits per heavy atom. The van der Waals surface area contributed by atoms with Crippen LogP contribution in [-0.2, 0) is 4.74 Å². The van der Waals surface area contributed by atoms with Crippen molar-refractivity contribution in [2.45, 2.75) is 45.8 Å². The van der Waals surface area contributed by atoms with Crippen LogP contribution >= 0.6 is 0 Å². The third kappa shape index (κ3) is 1.83. The molecule has 98 valence electrons. The summed E-state index contributed by atoms with van der Waals surface area (Å²) < 4.78 is 5.94. The smallest absolute Gasteiger partial charge is 0.0693 e. The molecule has 1 aromatic rings. The SMILES string of the molecule is Cc1cccc(NC2C3CCCOC3C2(C)C)c1. The van der Waals surface area contributed by atoms with Crippen LogP contribution in [0.2, 0.25) is 0 Å². The Balaban J connectivity index is 1.76. The predicted octanol–water partition coefficient (Wildman–Crippen LogP) is 3.61. The normalized spacial score (nSPS) is 33.4. The summed E-state index contributed by atoms with van der Waals surface area (Å²) in [6, 6.07) is 9.21. The average molecular weight is 245 g/mol. The fraction of sp³-hybridized carbons (Fsp3) is 0.625. The van der Waals surface area contributed by atoms with Crippen molar-refractivity contribution in [2.24, 2.45) is 11.3 Å². The van der Waals surface area contributed by atoms with Crippen molar-refractivity contribution in [3.8, 4) is 0 Å². The number of benzene rings is 1. The first kappa shape index (κ1) is 12.0. The molecule has 3 atom stereocenters. The molecule has 1 aliphatic heterocycles. The van der Waals surface area contributed by atoms with Gasteiger partial charge in [0.25, 0.3) is 0 Å². The number of rotatable bonds is 2. The van der Waals surface area contributed by atoms with E-state index in [0.717, 1.165) is 6.61 Å². The molecular formula is C16H23NO. The maximum atomic E-state index is 5.94. The van der Waals surface area contributed by atoms with Gasteiger partial charge in [-0.15, -0.1) is 0 Å². The van der Waals surface area contributed by atoms with E-state index in [1.165, 1.54) is 24.1 Å². The van der Waals surface area contributed by atoms with Crippen LogP contribution in [0.15, 0.2) is 24.3 Å². The van der Waals surface area contributed by atoms with E-state index >= 15 is 0 Å². The Morgan fingerprint density at radius 1 is 1.33 bits per heavy atom. The van der Waals surface area contributed by atoms with Crippen LogP contribution in [0.5, 0.6) is 0 Å². The van der Waals surface area contributed by atoms with Crippen molar-refractivity contribution in [3.63, 3.8) is 0 Å². The van der Waals surface area contributed by atoms with Gasteiger partial charge in [0.2, 0.25) is 0 Å². The second-order valence-electron chi connectivity index (χ2n) is 6.41. The molecule has 1 N–H and O–H groups in total. The summed E-state index contributed by atoms with van der Waals surface area (Å²) in [4.78, 5) is 0. The van der Waals surface area contributed by atoms with Gasteiger partial charge in [0.15, 0.2) is 0 Å². The molecule has 18 heavy (non-hydrogen) atoms. The lowest BCUT2D eigenvalue weighted by Crippen LogP contribution is -2.67. The van der Waals surface area contributed by atoms with Gasteiger partial charge in [-0.2, -0.15) is 0 Å². The molecule has 0 spiro atoms. The van der Waals surface area contributed by atoms with Crippen LogP contribution in [0, 0.1) is 18.3 Å². The lowest BCUT2D eigenvalue weighted by Gasteiger charge is -2.60. The fourth-order valence-corrected chi connectivity index (χ4v) is 3.73. The molecule has 0 bridgehead atoms. The van der Waals surface area contributed by atoms with Crippen LogP contribution in [0.4, 0.5) is 5.69 Å². The van der Waals surface area contributed by atoms with Gasteiger partial charge >= 0.3 is 0 Å². The van der Waals surface area contributed by atoms with Crippen molar-refractivity contribution in [3.05, 3.63) is 29.8 Å². The van der Waals surface area contributed by atoms with Crippen LogP contribution in [0.3, 0.4) is 0 Å². The Bertz CT molecular complexity index is 440. The monoisotopic (exact) mass is 245 g/mol. The van der Waals surface area contributed by atoms with E-state index in [2.05, 4.69) is 50.4 Å². The van der Waals surface area contributed by atoms with Crippen molar-refractivity contribution < 1.29 is 4.74 Å². The molecular weight excluding hydrogens is 222 g/mol. The Hall–Kier alpha value is -1.02. The van der Waals surface area contributed by atoms with Crippen LogP contribution in [0.25, 0.3) is 0 Å². The van der Waals surface area contributed by atoms with Gasteiger partial charge < -0.3 is 10.1 Å². The zero-order valence-electron chi connectivity index (χ0n) is 11.6. The van der Waals surface area contributed by atoms with Gasteiger partial charge in [0, 0.05) is 29.7 Å². The van der Waals surface area contributed by atoms with E-state index in [-0.39, 0.29) is 5.41 Å². The minimum Gasteiger partial charge on any atom is -0.381 e. The van der Waals surface area contributed by atoms with Gasteiger partial charge in [0.1, 0.15) is 0 Å². The third-order valence-corrected chi connectivity index (χ3v) is 4.67. The first-order valence-corrected chi connectivity index (χ1v) is 7.04. The maximum absolute atomic E-state index is 5.94. The van der Waals surface area contributed by atoms with E-state index < -0.39 is 0 Å². The Morgan fingerprint density at radius 3 is 2.94 bits per heavy atom. The highest BCUT2D eigenvalue weighted by molar-refractivity contribution is 5.48. The molecule has 3 unspecified atom stereocenters. The summed E-state index contributed by atoms with van der Waals surface area (Å²) in [7, 11) is 0. The molecule has 2 nitrogen and oxygen atoms in total.